The van der Waals surface area contributed by atoms with Gasteiger partial charge in [-0.1, -0.05) is 41.4 Å². The van der Waals surface area contributed by atoms with Gasteiger partial charge in [-0.05, 0) is 81.8 Å². The zero-order chi connectivity index (χ0) is 26.3. The Hall–Kier alpha value is -2.93. The van der Waals surface area contributed by atoms with E-state index < -0.39 is 5.97 Å². The van der Waals surface area contributed by atoms with E-state index in [1.165, 1.54) is 11.3 Å². The largest absolute Gasteiger partial charge is 0.459 e. The molecule has 0 spiro atoms. The summed E-state index contributed by atoms with van der Waals surface area (Å²) in [5.41, 5.74) is 4.63. The Labute approximate surface area is 229 Å². The van der Waals surface area contributed by atoms with E-state index in [1.807, 2.05) is 51.1 Å². The summed E-state index contributed by atoms with van der Waals surface area (Å²) in [4.78, 5) is 33.0. The van der Waals surface area contributed by atoms with Gasteiger partial charge in [-0.2, -0.15) is 0 Å². The fraction of sp³-hybridized carbons (Fsp3) is 0.276. The SMILES string of the molecule is Cc1c(-c2ccc(Cl)cc2Cl)nc2ccccc2c1C(=O)Nc1sc2c(c1C(=O)OC(C)C)CCCC2. The number of anilines is 1. The average molecular weight is 554 g/mol. The number of esters is 1. The average Bonchev–Trinajstić information content (AvgIpc) is 3.21. The molecule has 2 aromatic heterocycles. The van der Waals surface area contributed by atoms with Crippen LogP contribution < -0.4 is 5.32 Å². The first-order valence-electron chi connectivity index (χ1n) is 12.3. The second-order valence-corrected chi connectivity index (χ2v) is 11.4. The number of carbonyl (C=O) groups excluding carboxylic acids is 2. The highest BCUT2D eigenvalue weighted by Gasteiger charge is 2.29. The molecule has 4 aromatic rings. The molecule has 37 heavy (non-hydrogen) atoms. The van der Waals surface area contributed by atoms with Crippen molar-refractivity contribution in [3.63, 3.8) is 0 Å². The molecule has 2 heterocycles. The van der Waals surface area contributed by atoms with Crippen LogP contribution in [0.2, 0.25) is 10.0 Å². The summed E-state index contributed by atoms with van der Waals surface area (Å²) in [6.07, 6.45) is 3.53. The molecular weight excluding hydrogens is 527 g/mol. The van der Waals surface area contributed by atoms with Gasteiger partial charge in [0.2, 0.25) is 0 Å². The van der Waals surface area contributed by atoms with Crippen molar-refractivity contribution in [3.8, 4) is 11.3 Å². The molecule has 0 aliphatic heterocycles. The van der Waals surface area contributed by atoms with Gasteiger partial charge in [0.1, 0.15) is 5.00 Å². The molecule has 5 rings (SSSR count). The molecule has 1 aliphatic carbocycles. The van der Waals surface area contributed by atoms with Gasteiger partial charge in [0.25, 0.3) is 5.91 Å². The Balaban J connectivity index is 1.63. The van der Waals surface area contributed by atoms with E-state index in [0.717, 1.165) is 41.5 Å². The number of carbonyl (C=O) groups is 2. The number of aromatic nitrogens is 1. The lowest BCUT2D eigenvalue weighted by Crippen LogP contribution is -2.19. The number of pyridine rings is 1. The van der Waals surface area contributed by atoms with Crippen LogP contribution in [0.25, 0.3) is 22.2 Å². The topological polar surface area (TPSA) is 68.3 Å². The summed E-state index contributed by atoms with van der Waals surface area (Å²) in [5.74, 6) is -0.700. The molecule has 8 heteroatoms. The maximum Gasteiger partial charge on any atom is 0.341 e. The first-order valence-corrected chi connectivity index (χ1v) is 13.8. The lowest BCUT2D eigenvalue weighted by atomic mass is 9.95. The molecule has 5 nitrogen and oxygen atoms in total. The van der Waals surface area contributed by atoms with E-state index in [2.05, 4.69) is 5.32 Å². The number of thiophene rings is 1. The minimum Gasteiger partial charge on any atom is -0.459 e. The lowest BCUT2D eigenvalue weighted by Gasteiger charge is -2.16. The van der Waals surface area contributed by atoms with Crippen molar-refractivity contribution in [1.29, 1.82) is 0 Å². The summed E-state index contributed by atoms with van der Waals surface area (Å²) in [5, 5.41) is 5.30. The van der Waals surface area contributed by atoms with Crippen LogP contribution in [0.5, 0.6) is 0 Å². The van der Waals surface area contributed by atoms with Crippen LogP contribution in [0.3, 0.4) is 0 Å². The molecule has 0 fully saturated rings. The third-order valence-corrected chi connectivity index (χ3v) is 8.25. The zero-order valence-electron chi connectivity index (χ0n) is 20.8. The Bertz CT molecular complexity index is 1540. The first kappa shape index (κ1) is 25.7. The quantitative estimate of drug-likeness (QED) is 0.253. The summed E-state index contributed by atoms with van der Waals surface area (Å²) in [7, 11) is 0. The van der Waals surface area contributed by atoms with Crippen LogP contribution >= 0.6 is 34.5 Å². The third kappa shape index (κ3) is 4.98. The predicted octanol–water partition coefficient (Wildman–Crippen LogP) is 8.27. The lowest BCUT2D eigenvalue weighted by molar-refractivity contribution is 0.0378. The highest BCUT2D eigenvalue weighted by atomic mass is 35.5. The zero-order valence-corrected chi connectivity index (χ0v) is 23.1. The number of nitrogens with zero attached hydrogens (tertiary/aromatic N) is 1. The van der Waals surface area contributed by atoms with Crippen LogP contribution in [0.4, 0.5) is 5.00 Å². The monoisotopic (exact) mass is 552 g/mol. The second-order valence-electron chi connectivity index (χ2n) is 9.42. The Kier molecular flexibility index (Phi) is 7.26. The van der Waals surface area contributed by atoms with Crippen molar-refractivity contribution in [3.05, 3.63) is 79.6 Å². The summed E-state index contributed by atoms with van der Waals surface area (Å²) < 4.78 is 5.56. The highest BCUT2D eigenvalue weighted by molar-refractivity contribution is 7.17. The number of ether oxygens (including phenoxy) is 1. The molecule has 1 N–H and O–H groups in total. The Morgan fingerprint density at radius 1 is 1.05 bits per heavy atom. The number of aryl methyl sites for hydroxylation is 1. The highest BCUT2D eigenvalue weighted by Crippen LogP contribution is 2.40. The number of benzene rings is 2. The van der Waals surface area contributed by atoms with Crippen molar-refractivity contribution >= 4 is 62.3 Å². The van der Waals surface area contributed by atoms with Gasteiger partial charge < -0.3 is 10.1 Å². The molecule has 0 bridgehead atoms. The van der Waals surface area contributed by atoms with Crippen LogP contribution in [0.15, 0.2) is 42.5 Å². The number of hydrogen-bond donors (Lipinski definition) is 1. The van der Waals surface area contributed by atoms with E-state index >= 15 is 0 Å². The minimum absolute atomic E-state index is 0.256. The maximum atomic E-state index is 13.9. The van der Waals surface area contributed by atoms with Crippen LogP contribution in [-0.2, 0) is 17.6 Å². The molecule has 0 atom stereocenters. The van der Waals surface area contributed by atoms with Gasteiger partial charge in [0, 0.05) is 20.8 Å². The van der Waals surface area contributed by atoms with Gasteiger partial charge in [-0.25, -0.2) is 9.78 Å². The van der Waals surface area contributed by atoms with E-state index in [1.54, 1.807) is 12.1 Å². The second kappa shape index (κ2) is 10.4. The van der Waals surface area contributed by atoms with Gasteiger partial charge >= 0.3 is 5.97 Å². The Morgan fingerprint density at radius 3 is 2.57 bits per heavy atom. The molecular formula is C29H26Cl2N2O3S. The molecule has 2 aromatic carbocycles. The fourth-order valence-electron chi connectivity index (χ4n) is 4.85. The molecule has 190 valence electrons. The number of halogens is 2. The minimum atomic E-state index is -0.394. The van der Waals surface area contributed by atoms with Crippen LogP contribution in [-0.4, -0.2) is 23.0 Å². The van der Waals surface area contributed by atoms with Crippen molar-refractivity contribution < 1.29 is 14.3 Å². The summed E-state index contributed by atoms with van der Waals surface area (Å²) >= 11 is 14.1. The first-order chi connectivity index (χ1) is 17.7. The molecule has 0 saturated heterocycles. The Morgan fingerprint density at radius 2 is 1.81 bits per heavy atom. The number of fused-ring (bicyclic) bond motifs is 2. The van der Waals surface area contributed by atoms with Crippen molar-refractivity contribution in [2.24, 2.45) is 0 Å². The summed E-state index contributed by atoms with van der Waals surface area (Å²) in [6.45, 7) is 5.51. The van der Waals surface area contributed by atoms with Crippen molar-refractivity contribution in [1.82, 2.24) is 4.98 Å². The molecule has 1 amide bonds. The standard InChI is InChI=1S/C29H26Cl2N2O3S/c1-15(2)36-29(35)25-20-9-5-7-11-23(20)37-28(25)33-27(34)24-16(3)26(18-13-12-17(30)14-21(18)31)32-22-10-6-4-8-19(22)24/h4,6,8,10,12-15H,5,7,9,11H2,1-3H3,(H,33,34). The number of nitrogens with one attached hydrogen (secondary N) is 1. The molecule has 0 saturated carbocycles. The number of amides is 1. The van der Waals surface area contributed by atoms with Gasteiger partial charge in [-0.15, -0.1) is 11.3 Å². The van der Waals surface area contributed by atoms with E-state index in [4.69, 9.17) is 32.9 Å². The number of hydrogen-bond acceptors (Lipinski definition) is 5. The smallest absolute Gasteiger partial charge is 0.341 e. The van der Waals surface area contributed by atoms with Crippen molar-refractivity contribution in [2.45, 2.75) is 52.6 Å². The fourth-order valence-corrected chi connectivity index (χ4v) is 6.62. The van der Waals surface area contributed by atoms with Gasteiger partial charge in [0.15, 0.2) is 0 Å². The van der Waals surface area contributed by atoms with Gasteiger partial charge in [0.05, 0.1) is 33.5 Å². The normalized spacial score (nSPS) is 13.0. The van der Waals surface area contributed by atoms with E-state index in [9.17, 15) is 9.59 Å². The predicted molar refractivity (Wildman–Crippen MR) is 151 cm³/mol. The van der Waals surface area contributed by atoms with Gasteiger partial charge in [-0.3, -0.25) is 4.79 Å². The molecule has 1 aliphatic rings. The molecule has 0 radical (unpaired) electrons. The van der Waals surface area contributed by atoms with E-state index in [-0.39, 0.29) is 12.0 Å². The number of para-hydroxylation sites is 1. The summed E-state index contributed by atoms with van der Waals surface area (Å²) in [6, 6.07) is 12.7. The van der Waals surface area contributed by atoms with E-state index in [0.29, 0.717) is 48.5 Å². The van der Waals surface area contributed by atoms with Crippen molar-refractivity contribution in [2.75, 3.05) is 5.32 Å². The number of rotatable bonds is 5. The third-order valence-electron chi connectivity index (χ3n) is 6.49. The van der Waals surface area contributed by atoms with Crippen LogP contribution in [0, 0.1) is 6.92 Å². The van der Waals surface area contributed by atoms with Crippen LogP contribution in [0.1, 0.15) is 63.4 Å². The molecule has 0 unspecified atom stereocenters. The maximum absolute atomic E-state index is 13.9.